The molecular weight excluding hydrogens is 373 g/mol. The van der Waals surface area contributed by atoms with Crippen LogP contribution in [-0.2, 0) is 6.18 Å². The number of nitrogens with zero attached hydrogens (tertiary/aromatic N) is 2. The molecule has 1 heterocycles. The fourth-order valence-corrected chi connectivity index (χ4v) is 3.12. The topological polar surface area (TPSA) is 49.9 Å². The number of piperazine rings is 1. The van der Waals surface area contributed by atoms with Gasteiger partial charge in [-0.3, -0.25) is 9.59 Å². The van der Waals surface area contributed by atoms with Gasteiger partial charge in [0.15, 0.2) is 0 Å². The van der Waals surface area contributed by atoms with E-state index in [1.807, 2.05) is 0 Å². The van der Waals surface area contributed by atoms with E-state index in [9.17, 15) is 22.8 Å². The molecule has 0 atom stereocenters. The number of benzene rings is 2. The third kappa shape index (κ3) is 4.11. The van der Waals surface area contributed by atoms with E-state index in [2.05, 4.69) is 0 Å². The molecule has 28 heavy (non-hydrogen) atoms. The normalized spacial score (nSPS) is 14.7. The number of carbonyl (C=O) groups excluding carboxylic acids is 2. The molecule has 148 valence electrons. The van der Waals surface area contributed by atoms with Gasteiger partial charge >= 0.3 is 6.18 Å². The number of alkyl halides is 3. The molecule has 3 rings (SSSR count). The molecule has 0 unspecified atom stereocenters. The molecular formula is C20H19F3N2O3. The first-order valence-electron chi connectivity index (χ1n) is 8.70. The van der Waals surface area contributed by atoms with E-state index in [1.165, 1.54) is 30.2 Å². The van der Waals surface area contributed by atoms with Crippen LogP contribution in [0.1, 0.15) is 26.3 Å². The molecule has 0 aromatic heterocycles. The summed E-state index contributed by atoms with van der Waals surface area (Å²) in [5, 5.41) is 0. The standard InChI is InChI=1S/C20H19F3N2O3/c1-28-15-8-6-14(7-9-15)18(26)24-10-12-25(13-11-24)19(27)16-4-2-3-5-17(16)20(21,22)23/h2-9H,10-13H2,1H3. The first kappa shape index (κ1) is 19.7. The predicted molar refractivity (Wildman–Crippen MR) is 96.2 cm³/mol. The zero-order chi connectivity index (χ0) is 20.3. The van der Waals surface area contributed by atoms with Crippen LogP contribution in [0.15, 0.2) is 48.5 Å². The van der Waals surface area contributed by atoms with E-state index in [0.717, 1.165) is 6.07 Å². The summed E-state index contributed by atoms with van der Waals surface area (Å²) in [6, 6.07) is 11.4. The summed E-state index contributed by atoms with van der Waals surface area (Å²) in [5.74, 6) is -0.231. The SMILES string of the molecule is COc1ccc(C(=O)N2CCN(C(=O)c3ccccc3C(F)(F)F)CC2)cc1. The van der Waals surface area contributed by atoms with E-state index in [-0.39, 0.29) is 37.6 Å². The monoisotopic (exact) mass is 392 g/mol. The fraction of sp³-hybridized carbons (Fsp3) is 0.300. The lowest BCUT2D eigenvalue weighted by molar-refractivity contribution is -0.138. The molecule has 1 aliphatic heterocycles. The van der Waals surface area contributed by atoms with Crippen molar-refractivity contribution in [1.82, 2.24) is 9.80 Å². The van der Waals surface area contributed by atoms with Gasteiger partial charge in [0.05, 0.1) is 18.2 Å². The number of carbonyl (C=O) groups is 2. The molecule has 0 saturated carbocycles. The highest BCUT2D eigenvalue weighted by Gasteiger charge is 2.36. The van der Waals surface area contributed by atoms with Gasteiger partial charge in [-0.1, -0.05) is 12.1 Å². The summed E-state index contributed by atoms with van der Waals surface area (Å²) in [6.07, 6.45) is -4.60. The van der Waals surface area contributed by atoms with Crippen LogP contribution in [0.4, 0.5) is 13.2 Å². The van der Waals surface area contributed by atoms with Gasteiger partial charge in [-0.05, 0) is 36.4 Å². The maximum atomic E-state index is 13.2. The summed E-state index contributed by atoms with van der Waals surface area (Å²) in [7, 11) is 1.53. The summed E-state index contributed by atoms with van der Waals surface area (Å²) >= 11 is 0. The molecule has 1 fully saturated rings. The second-order valence-electron chi connectivity index (χ2n) is 6.36. The largest absolute Gasteiger partial charge is 0.497 e. The lowest BCUT2D eigenvalue weighted by Gasteiger charge is -2.35. The summed E-state index contributed by atoms with van der Waals surface area (Å²) < 4.78 is 44.5. The molecule has 0 aliphatic carbocycles. The Morgan fingerprint density at radius 1 is 0.857 bits per heavy atom. The van der Waals surface area contributed by atoms with Crippen molar-refractivity contribution in [2.45, 2.75) is 6.18 Å². The van der Waals surface area contributed by atoms with Crippen molar-refractivity contribution in [2.75, 3.05) is 33.3 Å². The molecule has 0 N–H and O–H groups in total. The molecule has 0 spiro atoms. The molecule has 1 saturated heterocycles. The van der Waals surface area contributed by atoms with Crippen LogP contribution < -0.4 is 4.74 Å². The molecule has 0 radical (unpaired) electrons. The maximum Gasteiger partial charge on any atom is 0.417 e. The van der Waals surface area contributed by atoms with Gasteiger partial charge in [-0.25, -0.2) is 0 Å². The first-order chi connectivity index (χ1) is 13.3. The Morgan fingerprint density at radius 3 is 1.93 bits per heavy atom. The van der Waals surface area contributed by atoms with Crippen LogP contribution >= 0.6 is 0 Å². The lowest BCUT2D eigenvalue weighted by Crippen LogP contribution is -2.50. The Labute approximate surface area is 160 Å². The smallest absolute Gasteiger partial charge is 0.417 e. The zero-order valence-corrected chi connectivity index (χ0v) is 15.2. The third-order valence-corrected chi connectivity index (χ3v) is 4.65. The van der Waals surface area contributed by atoms with Crippen molar-refractivity contribution < 1.29 is 27.5 Å². The predicted octanol–water partition coefficient (Wildman–Crippen LogP) is 3.31. The minimum Gasteiger partial charge on any atom is -0.497 e. The Bertz CT molecular complexity index is 858. The second-order valence-corrected chi connectivity index (χ2v) is 6.36. The van der Waals surface area contributed by atoms with Crippen LogP contribution in [0.2, 0.25) is 0 Å². The van der Waals surface area contributed by atoms with Gasteiger partial charge in [0.1, 0.15) is 5.75 Å². The summed E-state index contributed by atoms with van der Waals surface area (Å²) in [6.45, 7) is 0.857. The molecule has 2 amide bonds. The molecule has 5 nitrogen and oxygen atoms in total. The second kappa shape index (κ2) is 7.92. The number of amides is 2. The molecule has 1 aliphatic rings. The summed E-state index contributed by atoms with van der Waals surface area (Å²) in [5.41, 5.74) is -0.829. The van der Waals surface area contributed by atoms with Gasteiger partial charge in [-0.15, -0.1) is 0 Å². The Hall–Kier alpha value is -3.03. The number of rotatable bonds is 3. The van der Waals surface area contributed by atoms with E-state index >= 15 is 0 Å². The maximum absolute atomic E-state index is 13.2. The highest BCUT2D eigenvalue weighted by Crippen LogP contribution is 2.32. The van der Waals surface area contributed by atoms with E-state index < -0.39 is 17.6 Å². The van der Waals surface area contributed by atoms with Crippen LogP contribution in [0.3, 0.4) is 0 Å². The van der Waals surface area contributed by atoms with Crippen molar-refractivity contribution in [3.63, 3.8) is 0 Å². The number of methoxy groups -OCH3 is 1. The lowest BCUT2D eigenvalue weighted by atomic mass is 10.1. The van der Waals surface area contributed by atoms with Crippen LogP contribution in [-0.4, -0.2) is 54.9 Å². The average Bonchev–Trinajstić information content (AvgIpc) is 2.72. The van der Waals surface area contributed by atoms with Gasteiger partial charge in [-0.2, -0.15) is 13.2 Å². The van der Waals surface area contributed by atoms with Crippen LogP contribution in [0.25, 0.3) is 0 Å². The minimum atomic E-state index is -4.60. The highest BCUT2D eigenvalue weighted by molar-refractivity contribution is 5.97. The minimum absolute atomic E-state index is 0.174. The number of hydrogen-bond acceptors (Lipinski definition) is 3. The first-order valence-corrected chi connectivity index (χ1v) is 8.70. The molecule has 0 bridgehead atoms. The third-order valence-electron chi connectivity index (χ3n) is 4.65. The Kier molecular flexibility index (Phi) is 5.58. The van der Waals surface area contributed by atoms with Gasteiger partial charge in [0.25, 0.3) is 11.8 Å². The Balaban J connectivity index is 1.67. The van der Waals surface area contributed by atoms with E-state index in [0.29, 0.717) is 11.3 Å². The Morgan fingerprint density at radius 2 is 1.39 bits per heavy atom. The summed E-state index contributed by atoms with van der Waals surface area (Å²) in [4.78, 5) is 28.1. The van der Waals surface area contributed by atoms with Crippen molar-refractivity contribution in [3.05, 3.63) is 65.2 Å². The number of hydrogen-bond donors (Lipinski definition) is 0. The van der Waals surface area contributed by atoms with Crippen LogP contribution in [0, 0.1) is 0 Å². The van der Waals surface area contributed by atoms with Gasteiger partial charge < -0.3 is 14.5 Å². The van der Waals surface area contributed by atoms with Crippen molar-refractivity contribution in [3.8, 4) is 5.75 Å². The van der Waals surface area contributed by atoms with E-state index in [4.69, 9.17) is 4.74 Å². The van der Waals surface area contributed by atoms with E-state index in [1.54, 1.807) is 29.2 Å². The average molecular weight is 392 g/mol. The number of halogens is 3. The number of ether oxygens (including phenoxy) is 1. The molecule has 2 aromatic carbocycles. The van der Waals surface area contributed by atoms with Crippen molar-refractivity contribution >= 4 is 11.8 Å². The molecule has 8 heteroatoms. The fourth-order valence-electron chi connectivity index (χ4n) is 3.12. The zero-order valence-electron chi connectivity index (χ0n) is 15.2. The molecule has 2 aromatic rings. The van der Waals surface area contributed by atoms with Gasteiger partial charge in [0, 0.05) is 31.7 Å². The quantitative estimate of drug-likeness (QED) is 0.805. The highest BCUT2D eigenvalue weighted by atomic mass is 19.4. The van der Waals surface area contributed by atoms with Crippen molar-refractivity contribution in [1.29, 1.82) is 0 Å². The van der Waals surface area contributed by atoms with Crippen molar-refractivity contribution in [2.24, 2.45) is 0 Å². The van der Waals surface area contributed by atoms with Crippen LogP contribution in [0.5, 0.6) is 5.75 Å². The van der Waals surface area contributed by atoms with Gasteiger partial charge in [0.2, 0.25) is 0 Å².